The second kappa shape index (κ2) is 5.47. The van der Waals surface area contributed by atoms with Crippen molar-refractivity contribution in [3.8, 4) is 0 Å². The Morgan fingerprint density at radius 2 is 2.35 bits per heavy atom. The summed E-state index contributed by atoms with van der Waals surface area (Å²) in [4.78, 5) is 19.2. The number of hydrogen-bond donors (Lipinski definition) is 0. The number of nitrogens with zero attached hydrogens (tertiary/aromatic N) is 5. The van der Waals surface area contributed by atoms with Gasteiger partial charge in [-0.25, -0.2) is 0 Å². The minimum atomic E-state index is -0.0262. The van der Waals surface area contributed by atoms with Crippen LogP contribution in [0, 0.1) is 5.92 Å². The van der Waals surface area contributed by atoms with Crippen molar-refractivity contribution >= 4 is 5.91 Å². The third kappa shape index (κ3) is 2.54. The molecule has 3 heterocycles. The van der Waals surface area contributed by atoms with Gasteiger partial charge in [-0.15, -0.1) is 0 Å². The van der Waals surface area contributed by atoms with Crippen molar-refractivity contribution in [3.63, 3.8) is 0 Å². The Balaban J connectivity index is 1.47. The van der Waals surface area contributed by atoms with Gasteiger partial charge < -0.3 is 9.42 Å². The molecule has 0 aromatic carbocycles. The molecule has 0 bridgehead atoms. The molecule has 0 N–H and O–H groups in total. The third-order valence-electron chi connectivity index (χ3n) is 4.88. The van der Waals surface area contributed by atoms with E-state index in [2.05, 4.69) is 15.2 Å². The molecule has 2 aliphatic rings. The van der Waals surface area contributed by atoms with Crippen LogP contribution in [0.4, 0.5) is 0 Å². The molecule has 4 rings (SSSR count). The highest BCUT2D eigenvalue weighted by Gasteiger charge is 2.48. The van der Waals surface area contributed by atoms with Crippen LogP contribution in [0.2, 0.25) is 0 Å². The number of aromatic nitrogens is 4. The van der Waals surface area contributed by atoms with Crippen LogP contribution in [0.3, 0.4) is 0 Å². The molecule has 7 heteroatoms. The van der Waals surface area contributed by atoms with Crippen LogP contribution in [0.25, 0.3) is 0 Å². The van der Waals surface area contributed by atoms with Gasteiger partial charge in [-0.1, -0.05) is 12.1 Å². The average molecular weight is 315 g/mol. The first kappa shape index (κ1) is 14.4. The van der Waals surface area contributed by atoms with Gasteiger partial charge in [-0.05, 0) is 30.7 Å². The summed E-state index contributed by atoms with van der Waals surface area (Å²) in [5.74, 6) is 1.92. The summed E-state index contributed by atoms with van der Waals surface area (Å²) in [6.07, 6.45) is 7.42. The first-order valence-corrected chi connectivity index (χ1v) is 8.29. The second-order valence-electron chi connectivity index (χ2n) is 6.49. The van der Waals surface area contributed by atoms with Crippen LogP contribution in [0.15, 0.2) is 16.9 Å². The minimum Gasteiger partial charge on any atom is -0.339 e. The summed E-state index contributed by atoms with van der Waals surface area (Å²) < 4.78 is 7.00. The molecule has 0 radical (unpaired) electrons. The van der Waals surface area contributed by atoms with Crippen molar-refractivity contribution in [2.24, 2.45) is 13.0 Å². The van der Waals surface area contributed by atoms with Crippen molar-refractivity contribution in [2.45, 2.75) is 44.6 Å². The SMILES string of the molecule is CCc1nc(C2CCCN2C(=O)C2CC2c2cnn(C)c2)no1. The Kier molecular flexibility index (Phi) is 3.43. The number of aryl methyl sites for hydroxylation is 2. The molecule has 1 saturated heterocycles. The predicted octanol–water partition coefficient (Wildman–Crippen LogP) is 1.83. The standard InChI is InChI=1S/C16H21N5O2/c1-3-14-18-15(19-23-14)13-5-4-6-21(13)16(22)12-7-11(12)10-8-17-20(2)9-10/h8-9,11-13H,3-7H2,1-2H3. The predicted molar refractivity (Wildman–Crippen MR) is 81.4 cm³/mol. The molecule has 1 aliphatic heterocycles. The van der Waals surface area contributed by atoms with E-state index < -0.39 is 0 Å². The van der Waals surface area contributed by atoms with E-state index >= 15 is 0 Å². The van der Waals surface area contributed by atoms with Gasteiger partial charge in [-0.2, -0.15) is 10.1 Å². The molecule has 2 fully saturated rings. The zero-order valence-electron chi connectivity index (χ0n) is 13.5. The fourth-order valence-corrected chi connectivity index (χ4v) is 3.53. The molecule has 1 amide bonds. The zero-order chi connectivity index (χ0) is 16.0. The van der Waals surface area contributed by atoms with Crippen LogP contribution >= 0.6 is 0 Å². The molecule has 2 aromatic rings. The Hall–Kier alpha value is -2.18. The van der Waals surface area contributed by atoms with Crippen molar-refractivity contribution in [3.05, 3.63) is 29.7 Å². The Bertz CT molecular complexity index is 722. The highest BCUT2D eigenvalue weighted by atomic mass is 16.5. The van der Waals surface area contributed by atoms with Gasteiger partial charge in [0.25, 0.3) is 0 Å². The normalized spacial score (nSPS) is 26.7. The van der Waals surface area contributed by atoms with Crippen molar-refractivity contribution in [2.75, 3.05) is 6.54 Å². The Morgan fingerprint density at radius 1 is 1.48 bits per heavy atom. The molecule has 1 aliphatic carbocycles. The van der Waals surface area contributed by atoms with Crippen molar-refractivity contribution in [1.29, 1.82) is 0 Å². The largest absolute Gasteiger partial charge is 0.339 e. The summed E-state index contributed by atoms with van der Waals surface area (Å²) in [5.41, 5.74) is 1.16. The van der Waals surface area contributed by atoms with Crippen LogP contribution < -0.4 is 0 Å². The van der Waals surface area contributed by atoms with Crippen LogP contribution in [-0.4, -0.2) is 37.3 Å². The summed E-state index contributed by atoms with van der Waals surface area (Å²) in [5, 5.41) is 8.27. The quantitative estimate of drug-likeness (QED) is 0.860. The molecule has 23 heavy (non-hydrogen) atoms. The smallest absolute Gasteiger partial charge is 0.226 e. The monoisotopic (exact) mass is 315 g/mol. The Labute approximate surface area is 134 Å². The highest BCUT2D eigenvalue weighted by molar-refractivity contribution is 5.83. The van der Waals surface area contributed by atoms with E-state index in [1.165, 1.54) is 0 Å². The van der Waals surface area contributed by atoms with Crippen molar-refractivity contribution < 1.29 is 9.32 Å². The van der Waals surface area contributed by atoms with Gasteiger partial charge in [0.1, 0.15) is 0 Å². The zero-order valence-corrected chi connectivity index (χ0v) is 13.5. The van der Waals surface area contributed by atoms with Crippen LogP contribution in [-0.2, 0) is 18.3 Å². The van der Waals surface area contributed by atoms with E-state index in [9.17, 15) is 4.79 Å². The molecule has 3 unspecified atom stereocenters. The number of amides is 1. The first-order valence-electron chi connectivity index (χ1n) is 8.29. The van der Waals surface area contributed by atoms with Crippen LogP contribution in [0.1, 0.15) is 55.4 Å². The third-order valence-corrected chi connectivity index (χ3v) is 4.88. The summed E-state index contributed by atoms with van der Waals surface area (Å²) >= 11 is 0. The molecule has 1 saturated carbocycles. The lowest BCUT2D eigenvalue weighted by Crippen LogP contribution is -2.32. The van der Waals surface area contributed by atoms with Gasteiger partial charge in [0.15, 0.2) is 5.82 Å². The van der Waals surface area contributed by atoms with E-state index in [1.54, 1.807) is 4.68 Å². The topological polar surface area (TPSA) is 77.1 Å². The summed E-state index contributed by atoms with van der Waals surface area (Å²) in [6.45, 7) is 2.77. The molecular formula is C16H21N5O2. The molecule has 3 atom stereocenters. The van der Waals surface area contributed by atoms with Gasteiger partial charge in [-0.3, -0.25) is 9.48 Å². The molecule has 7 nitrogen and oxygen atoms in total. The fourth-order valence-electron chi connectivity index (χ4n) is 3.53. The van der Waals surface area contributed by atoms with E-state index in [-0.39, 0.29) is 17.9 Å². The van der Waals surface area contributed by atoms with Gasteiger partial charge in [0, 0.05) is 32.1 Å². The van der Waals surface area contributed by atoms with E-state index in [0.717, 1.165) is 37.8 Å². The fraction of sp³-hybridized carbons (Fsp3) is 0.625. The summed E-state index contributed by atoms with van der Waals surface area (Å²) in [6, 6.07) is -0.0262. The van der Waals surface area contributed by atoms with Gasteiger partial charge in [0.2, 0.25) is 11.8 Å². The summed E-state index contributed by atoms with van der Waals surface area (Å²) in [7, 11) is 1.90. The highest BCUT2D eigenvalue weighted by Crippen LogP contribution is 2.49. The second-order valence-corrected chi connectivity index (χ2v) is 6.49. The average Bonchev–Trinajstić information content (AvgIpc) is 2.96. The van der Waals surface area contributed by atoms with Gasteiger partial charge >= 0.3 is 0 Å². The van der Waals surface area contributed by atoms with E-state index in [4.69, 9.17) is 4.52 Å². The first-order chi connectivity index (χ1) is 11.2. The Morgan fingerprint density at radius 3 is 3.04 bits per heavy atom. The van der Waals surface area contributed by atoms with E-state index in [1.807, 2.05) is 31.3 Å². The van der Waals surface area contributed by atoms with Crippen molar-refractivity contribution in [1.82, 2.24) is 24.8 Å². The maximum Gasteiger partial charge on any atom is 0.226 e. The number of carbonyl (C=O) groups is 1. The number of likely N-dealkylation sites (tertiary alicyclic amines) is 1. The number of carbonyl (C=O) groups excluding carboxylic acids is 1. The number of rotatable bonds is 4. The molecule has 2 aromatic heterocycles. The molecule has 122 valence electrons. The molecular weight excluding hydrogens is 294 g/mol. The lowest BCUT2D eigenvalue weighted by molar-refractivity contribution is -0.133. The minimum absolute atomic E-state index is 0.0262. The van der Waals surface area contributed by atoms with Crippen LogP contribution in [0.5, 0.6) is 0 Å². The number of hydrogen-bond acceptors (Lipinski definition) is 5. The maximum absolute atomic E-state index is 12.9. The lowest BCUT2D eigenvalue weighted by Gasteiger charge is -2.22. The van der Waals surface area contributed by atoms with E-state index in [0.29, 0.717) is 17.6 Å². The lowest BCUT2D eigenvalue weighted by atomic mass is 10.1. The van der Waals surface area contributed by atoms with Gasteiger partial charge in [0.05, 0.1) is 12.2 Å². The maximum atomic E-state index is 12.9. The molecule has 0 spiro atoms.